The van der Waals surface area contributed by atoms with Gasteiger partial charge in [-0.05, 0) is 0 Å². The van der Waals surface area contributed by atoms with Crippen LogP contribution in [0, 0.1) is 45.9 Å². The van der Waals surface area contributed by atoms with Crippen molar-refractivity contribution in [3.63, 3.8) is 0 Å². The van der Waals surface area contributed by atoms with Crippen LogP contribution in [-0.2, 0) is 26.2 Å². The number of amides is 2. The fraction of sp³-hybridized carbons (Fsp3) is 0.450. The van der Waals surface area contributed by atoms with E-state index >= 15 is 17.6 Å². The normalized spacial score (nSPS) is 14.8. The summed E-state index contributed by atoms with van der Waals surface area (Å²) in [6, 6.07) is 4.61. The Kier molecular flexibility index (Phi) is 13.0. The second-order valence-corrected chi connectivity index (χ2v) is 22.0. The van der Waals surface area contributed by atoms with Gasteiger partial charge in [-0.2, -0.15) is 0 Å². The maximum absolute atomic E-state index is 17.8. The molecule has 2 aliphatic carbocycles. The first kappa shape index (κ1) is 41.1. The van der Waals surface area contributed by atoms with Crippen LogP contribution in [0.3, 0.4) is 0 Å². The molecule has 276 valence electrons. The number of rotatable bonds is 14. The van der Waals surface area contributed by atoms with Gasteiger partial charge in [0.05, 0.1) is 0 Å². The van der Waals surface area contributed by atoms with Crippen LogP contribution in [0.5, 0.6) is 0 Å². The third-order valence-electron chi connectivity index (χ3n) is 9.39. The van der Waals surface area contributed by atoms with E-state index in [4.69, 9.17) is 23.2 Å². The number of benzene rings is 2. The Balaban J connectivity index is 2.18. The van der Waals surface area contributed by atoms with Crippen LogP contribution < -0.4 is 17.5 Å². The average Bonchev–Trinajstić information content (AvgIpc) is 3.81. The Bertz CT molecular complexity index is 1670. The van der Waals surface area contributed by atoms with Crippen LogP contribution in [0.25, 0.3) is 0 Å². The number of carbonyl (C=O) groups excluding carboxylic acids is 2. The first-order valence-corrected chi connectivity index (χ1v) is 21.5. The molecule has 0 bridgehead atoms. The van der Waals surface area contributed by atoms with Crippen molar-refractivity contribution >= 4 is 54.1 Å². The Hall–Kier alpha value is -2.65. The Morgan fingerprint density at radius 1 is 0.686 bits per heavy atom. The molecule has 0 saturated heterocycles. The van der Waals surface area contributed by atoms with Gasteiger partial charge in [0.1, 0.15) is 0 Å². The summed E-state index contributed by atoms with van der Waals surface area (Å²) in [7, 11) is 0. The molecule has 0 radical (unpaired) electrons. The first-order chi connectivity index (χ1) is 23.9. The zero-order valence-corrected chi connectivity index (χ0v) is 33.7. The number of hydrogen-bond acceptors (Lipinski definition) is 2. The van der Waals surface area contributed by atoms with Crippen molar-refractivity contribution < 1.29 is 43.7 Å². The van der Waals surface area contributed by atoms with Crippen LogP contribution in [0.4, 0.5) is 28.9 Å². The fourth-order valence-electron chi connectivity index (χ4n) is 6.77. The molecule has 4 nitrogen and oxygen atoms in total. The molecule has 2 aromatic carbocycles. The Morgan fingerprint density at radius 2 is 1.04 bits per heavy atom. The van der Waals surface area contributed by atoms with Gasteiger partial charge in [-0.3, -0.25) is 0 Å². The number of nitrogens with zero attached hydrogens (tertiary/aromatic N) is 2. The summed E-state index contributed by atoms with van der Waals surface area (Å²) < 4.78 is 69.4. The minimum atomic E-state index is -5.32. The van der Waals surface area contributed by atoms with E-state index in [0.29, 0.717) is 7.76 Å². The number of halogens is 6. The molecule has 0 unspecified atom stereocenters. The molecule has 51 heavy (non-hydrogen) atoms. The fourth-order valence-corrected chi connectivity index (χ4v) is 15.2. The Labute approximate surface area is 313 Å². The predicted octanol–water partition coefficient (Wildman–Crippen LogP) is 9.54. The molecular formula is C40H48Cl2F4N2O2Ti. The van der Waals surface area contributed by atoms with Crippen molar-refractivity contribution in [2.24, 2.45) is 22.7 Å². The van der Waals surface area contributed by atoms with Gasteiger partial charge in [-0.15, -0.1) is 0 Å². The number of allylic oxidation sites excluding steroid dienone is 8. The van der Waals surface area contributed by atoms with E-state index < -0.39 is 70.2 Å². The molecule has 0 fully saturated rings. The zero-order valence-electron chi connectivity index (χ0n) is 30.6. The monoisotopic (exact) mass is 782 g/mol. The van der Waals surface area contributed by atoms with Crippen LogP contribution in [-0.4, -0.2) is 36.7 Å². The van der Waals surface area contributed by atoms with Crippen molar-refractivity contribution in [1.29, 1.82) is 0 Å². The Morgan fingerprint density at radius 3 is 1.31 bits per heavy atom. The summed E-state index contributed by atoms with van der Waals surface area (Å²) in [5.74, 6) is -5.28. The van der Waals surface area contributed by atoms with Gasteiger partial charge < -0.3 is 0 Å². The van der Waals surface area contributed by atoms with Gasteiger partial charge in [0, 0.05) is 0 Å². The maximum atomic E-state index is 17.8. The van der Waals surface area contributed by atoms with Gasteiger partial charge in [0.15, 0.2) is 0 Å². The summed E-state index contributed by atoms with van der Waals surface area (Å²) in [4.78, 5) is 30.5. The van der Waals surface area contributed by atoms with E-state index in [1.807, 2.05) is 27.7 Å². The van der Waals surface area contributed by atoms with E-state index in [9.17, 15) is 9.59 Å². The summed E-state index contributed by atoms with van der Waals surface area (Å²) in [6.07, 6.45) is 10.9. The number of hydrogen-bond donors (Lipinski definition) is 0. The minimum absolute atomic E-state index is 0.0513. The van der Waals surface area contributed by atoms with Gasteiger partial charge >= 0.3 is 315 Å². The van der Waals surface area contributed by atoms with Gasteiger partial charge in [0.25, 0.3) is 0 Å². The molecule has 0 atom stereocenters. The number of alkyl halides is 2. The number of anilines is 2. The summed E-state index contributed by atoms with van der Waals surface area (Å²) in [5.41, 5.74) is -2.56. The molecule has 11 heteroatoms. The molecule has 2 aliphatic rings. The molecule has 0 spiro atoms. The third-order valence-corrected chi connectivity index (χ3v) is 18.7. The van der Waals surface area contributed by atoms with E-state index in [-0.39, 0.29) is 60.9 Å². The molecule has 0 aliphatic heterocycles. The van der Waals surface area contributed by atoms with Crippen LogP contribution in [0.15, 0.2) is 68.5 Å². The molecule has 0 saturated carbocycles. The van der Waals surface area contributed by atoms with Gasteiger partial charge in [-0.1, -0.05) is 0 Å². The van der Waals surface area contributed by atoms with E-state index in [2.05, 4.69) is 0 Å². The predicted molar refractivity (Wildman–Crippen MR) is 199 cm³/mol. The topological polar surface area (TPSA) is 40.6 Å². The second-order valence-electron chi connectivity index (χ2n) is 15.6. The van der Waals surface area contributed by atoms with Crippen LogP contribution in [0.2, 0.25) is 0 Å². The van der Waals surface area contributed by atoms with Gasteiger partial charge in [0.2, 0.25) is 0 Å². The van der Waals surface area contributed by atoms with Crippen LogP contribution >= 0.6 is 23.2 Å². The standard InChI is InChI=1S/2C15H19ClF2NO.2C5H5.Ti/c2*1-10(2)8-19(14(20)15(3,4)9-16)13-6-5-11(17)7-12(13)18;2*1-2-4-5-3-1;/h2*5-6,10H,8-9H2,1-4H3;2*1-3H,4H2;. The molecule has 2 aromatic rings. The first-order valence-electron chi connectivity index (χ1n) is 17.3. The SMILES string of the molecule is CC(C)CN(C(=O)C(C)(C)CCl)c1ccc(F)[c]([Ti]([C]2=CC=CC2)([C]2=CC=CC2)[c]2c(F)ccc(N(CC(C)C)C(=O)C(C)(C)CCl)c2F)c1F. The molecule has 0 aromatic heterocycles. The zero-order chi connectivity index (χ0) is 38.1. The molecule has 4 rings (SSSR count). The van der Waals surface area contributed by atoms with E-state index in [1.54, 1.807) is 64.2 Å². The third kappa shape index (κ3) is 7.86. The average molecular weight is 784 g/mol. The summed E-state index contributed by atoms with van der Waals surface area (Å²) >= 11 is 7.09. The van der Waals surface area contributed by atoms with Crippen molar-refractivity contribution in [2.45, 2.75) is 68.2 Å². The quantitative estimate of drug-likeness (QED) is 0.109. The van der Waals surface area contributed by atoms with Crippen molar-refractivity contribution in [1.82, 2.24) is 0 Å². The van der Waals surface area contributed by atoms with Crippen LogP contribution in [0.1, 0.15) is 68.2 Å². The molecular weight excluding hydrogens is 735 g/mol. The van der Waals surface area contributed by atoms with Crippen molar-refractivity contribution in [2.75, 3.05) is 34.6 Å². The summed E-state index contributed by atoms with van der Waals surface area (Å²) in [6.45, 7) is 14.3. The van der Waals surface area contributed by atoms with E-state index in [1.165, 1.54) is 21.9 Å². The second kappa shape index (κ2) is 16.2. The molecule has 2 amide bonds. The van der Waals surface area contributed by atoms with E-state index in [0.717, 1.165) is 12.1 Å². The molecule has 0 N–H and O–H groups in total. The van der Waals surface area contributed by atoms with Gasteiger partial charge in [-0.25, -0.2) is 0 Å². The van der Waals surface area contributed by atoms with Crippen molar-refractivity contribution in [3.05, 3.63) is 91.7 Å². The molecule has 0 heterocycles. The van der Waals surface area contributed by atoms with Crippen molar-refractivity contribution in [3.8, 4) is 0 Å². The number of carbonyl (C=O) groups is 2. The summed E-state index contributed by atoms with van der Waals surface area (Å²) in [5, 5.41) is 0.